The number of cyclic esters (lactones) is 1. The molecule has 1 heterocycles. The van der Waals surface area contributed by atoms with E-state index in [0.29, 0.717) is 6.61 Å². The minimum atomic E-state index is -0.457. The Balaban J connectivity index is 2.23. The van der Waals surface area contributed by atoms with E-state index in [2.05, 4.69) is 0 Å². The van der Waals surface area contributed by atoms with Gasteiger partial charge in [-0.2, -0.15) is 0 Å². The summed E-state index contributed by atoms with van der Waals surface area (Å²) in [5.74, 6) is 0. The van der Waals surface area contributed by atoms with Crippen molar-refractivity contribution in [2.45, 2.75) is 6.04 Å². The summed E-state index contributed by atoms with van der Waals surface area (Å²) in [7, 11) is 0. The van der Waals surface area contributed by atoms with Crippen LogP contribution in [0.1, 0.15) is 11.6 Å². The second kappa shape index (κ2) is 3.67. The quantitative estimate of drug-likeness (QED) is 0.766. The molecule has 1 aromatic rings. The maximum absolute atomic E-state index is 11.1. The molecule has 4 nitrogen and oxygen atoms in total. The van der Waals surface area contributed by atoms with E-state index in [1.54, 1.807) is 0 Å². The number of carbonyl (C=O) groups excluding carboxylic acids is 1. The van der Waals surface area contributed by atoms with Gasteiger partial charge in [0, 0.05) is 0 Å². The van der Waals surface area contributed by atoms with Crippen molar-refractivity contribution in [1.29, 1.82) is 0 Å². The van der Waals surface area contributed by atoms with Gasteiger partial charge >= 0.3 is 6.09 Å². The molecule has 14 heavy (non-hydrogen) atoms. The standard InChI is InChI=1S/C10H11NO3/c12-7-11-9(6-14-10(11)13)8-4-2-1-3-5-8/h1-5,9,12H,6-7H2. The fourth-order valence-corrected chi connectivity index (χ4v) is 1.56. The van der Waals surface area contributed by atoms with Gasteiger partial charge in [-0.25, -0.2) is 4.79 Å². The van der Waals surface area contributed by atoms with Crippen LogP contribution in [0.15, 0.2) is 30.3 Å². The molecule has 1 atom stereocenters. The Hall–Kier alpha value is -1.55. The van der Waals surface area contributed by atoms with Crippen LogP contribution in [0.25, 0.3) is 0 Å². The van der Waals surface area contributed by atoms with Crippen LogP contribution in [0.5, 0.6) is 0 Å². The fourth-order valence-electron chi connectivity index (χ4n) is 1.56. The number of carbonyl (C=O) groups is 1. The molecule has 1 aliphatic heterocycles. The molecule has 0 radical (unpaired) electrons. The lowest BCUT2D eigenvalue weighted by Gasteiger charge is -2.18. The Morgan fingerprint density at radius 3 is 2.79 bits per heavy atom. The van der Waals surface area contributed by atoms with Crippen molar-refractivity contribution in [3.8, 4) is 0 Å². The van der Waals surface area contributed by atoms with Crippen LogP contribution in [0.3, 0.4) is 0 Å². The van der Waals surface area contributed by atoms with Crippen LogP contribution in [0.2, 0.25) is 0 Å². The van der Waals surface area contributed by atoms with Crippen molar-refractivity contribution in [3.63, 3.8) is 0 Å². The Morgan fingerprint density at radius 1 is 1.43 bits per heavy atom. The Labute approximate surface area is 81.7 Å². The number of nitrogens with zero attached hydrogens (tertiary/aromatic N) is 1. The SMILES string of the molecule is O=C1OCC(c2ccccc2)N1CO. The summed E-state index contributed by atoms with van der Waals surface area (Å²) in [6.07, 6.45) is -0.457. The second-order valence-electron chi connectivity index (χ2n) is 3.11. The van der Waals surface area contributed by atoms with Gasteiger partial charge in [-0.05, 0) is 5.56 Å². The number of ether oxygens (including phenoxy) is 1. The largest absolute Gasteiger partial charge is 0.447 e. The monoisotopic (exact) mass is 193 g/mol. The number of aliphatic hydroxyl groups is 1. The predicted molar refractivity (Wildman–Crippen MR) is 49.5 cm³/mol. The van der Waals surface area contributed by atoms with Gasteiger partial charge in [0.05, 0.1) is 6.04 Å². The van der Waals surface area contributed by atoms with Crippen molar-refractivity contribution in [2.75, 3.05) is 13.3 Å². The average molecular weight is 193 g/mol. The zero-order valence-electron chi connectivity index (χ0n) is 7.59. The highest BCUT2D eigenvalue weighted by Crippen LogP contribution is 2.26. The lowest BCUT2D eigenvalue weighted by molar-refractivity contribution is 0.106. The minimum Gasteiger partial charge on any atom is -0.447 e. The third kappa shape index (κ3) is 1.44. The molecule has 1 unspecified atom stereocenters. The highest BCUT2D eigenvalue weighted by molar-refractivity contribution is 5.70. The number of rotatable bonds is 2. The molecular weight excluding hydrogens is 182 g/mol. The van der Waals surface area contributed by atoms with E-state index in [4.69, 9.17) is 9.84 Å². The van der Waals surface area contributed by atoms with E-state index in [9.17, 15) is 4.79 Å². The Bertz CT molecular complexity index is 325. The number of hydrogen-bond donors (Lipinski definition) is 1. The Morgan fingerprint density at radius 2 is 2.14 bits per heavy atom. The highest BCUT2D eigenvalue weighted by Gasteiger charge is 2.33. The van der Waals surface area contributed by atoms with Gasteiger partial charge in [-0.15, -0.1) is 0 Å². The molecule has 1 aromatic carbocycles. The van der Waals surface area contributed by atoms with E-state index >= 15 is 0 Å². The number of hydrogen-bond acceptors (Lipinski definition) is 3. The van der Waals surface area contributed by atoms with Crippen molar-refractivity contribution in [1.82, 2.24) is 4.90 Å². The van der Waals surface area contributed by atoms with Crippen molar-refractivity contribution in [2.24, 2.45) is 0 Å². The fraction of sp³-hybridized carbons (Fsp3) is 0.300. The topological polar surface area (TPSA) is 49.8 Å². The van der Waals surface area contributed by atoms with Gasteiger partial charge in [0.15, 0.2) is 0 Å². The lowest BCUT2D eigenvalue weighted by atomic mass is 10.1. The van der Waals surface area contributed by atoms with Crippen LogP contribution in [0, 0.1) is 0 Å². The molecular formula is C10H11NO3. The van der Waals surface area contributed by atoms with E-state index in [1.165, 1.54) is 4.90 Å². The maximum Gasteiger partial charge on any atom is 0.412 e. The van der Waals surface area contributed by atoms with Gasteiger partial charge in [-0.3, -0.25) is 4.90 Å². The molecule has 0 saturated carbocycles. The molecule has 0 bridgehead atoms. The van der Waals surface area contributed by atoms with E-state index < -0.39 is 6.09 Å². The summed E-state index contributed by atoms with van der Waals surface area (Å²) in [5.41, 5.74) is 0.979. The van der Waals surface area contributed by atoms with Crippen molar-refractivity contribution in [3.05, 3.63) is 35.9 Å². The molecule has 1 aliphatic rings. The lowest BCUT2D eigenvalue weighted by Crippen LogP contribution is -2.28. The van der Waals surface area contributed by atoms with E-state index in [0.717, 1.165) is 5.56 Å². The molecule has 4 heteroatoms. The molecule has 2 rings (SSSR count). The van der Waals surface area contributed by atoms with Crippen molar-refractivity contribution >= 4 is 6.09 Å². The first-order valence-electron chi connectivity index (χ1n) is 4.42. The van der Waals surface area contributed by atoms with E-state index in [-0.39, 0.29) is 12.8 Å². The summed E-state index contributed by atoms with van der Waals surface area (Å²) in [5, 5.41) is 8.99. The second-order valence-corrected chi connectivity index (χ2v) is 3.11. The van der Waals surface area contributed by atoms with Gasteiger partial charge in [0.1, 0.15) is 13.3 Å². The van der Waals surface area contributed by atoms with Crippen molar-refractivity contribution < 1.29 is 14.6 Å². The van der Waals surface area contributed by atoms with Gasteiger partial charge in [0.25, 0.3) is 0 Å². The van der Waals surface area contributed by atoms with Crippen LogP contribution < -0.4 is 0 Å². The third-order valence-electron chi connectivity index (χ3n) is 2.31. The molecule has 1 N–H and O–H groups in total. The smallest absolute Gasteiger partial charge is 0.412 e. The average Bonchev–Trinajstić information content (AvgIpc) is 2.61. The summed E-state index contributed by atoms with van der Waals surface area (Å²) in [4.78, 5) is 12.4. The highest BCUT2D eigenvalue weighted by atomic mass is 16.6. The molecule has 0 aromatic heterocycles. The summed E-state index contributed by atoms with van der Waals surface area (Å²) >= 11 is 0. The zero-order chi connectivity index (χ0) is 9.97. The number of benzene rings is 1. The third-order valence-corrected chi connectivity index (χ3v) is 2.31. The maximum atomic E-state index is 11.1. The first-order chi connectivity index (χ1) is 6.83. The van der Waals surface area contributed by atoms with Crippen LogP contribution in [0.4, 0.5) is 4.79 Å². The van der Waals surface area contributed by atoms with Gasteiger partial charge in [-0.1, -0.05) is 30.3 Å². The van der Waals surface area contributed by atoms with Gasteiger partial charge < -0.3 is 9.84 Å². The summed E-state index contributed by atoms with van der Waals surface area (Å²) < 4.78 is 4.85. The van der Waals surface area contributed by atoms with Gasteiger partial charge in [0.2, 0.25) is 0 Å². The molecule has 74 valence electrons. The van der Waals surface area contributed by atoms with E-state index in [1.807, 2.05) is 30.3 Å². The first-order valence-corrected chi connectivity index (χ1v) is 4.42. The molecule has 0 aliphatic carbocycles. The van der Waals surface area contributed by atoms with Crippen LogP contribution in [-0.2, 0) is 4.74 Å². The summed E-state index contributed by atoms with van der Waals surface area (Å²) in [6.45, 7) is 0.00179. The van der Waals surface area contributed by atoms with Crippen LogP contribution in [-0.4, -0.2) is 29.4 Å². The summed E-state index contributed by atoms with van der Waals surface area (Å²) in [6, 6.07) is 9.37. The zero-order valence-corrected chi connectivity index (χ0v) is 7.59. The molecule has 0 spiro atoms. The first kappa shape index (κ1) is 9.02. The Kier molecular flexibility index (Phi) is 2.37. The number of aliphatic hydroxyl groups excluding tert-OH is 1. The normalized spacial score (nSPS) is 21.1. The van der Waals surface area contributed by atoms with Crippen LogP contribution >= 0.6 is 0 Å². The molecule has 1 saturated heterocycles. The minimum absolute atomic E-state index is 0.159. The predicted octanol–water partition coefficient (Wildman–Crippen LogP) is 1.13. The molecule has 1 fully saturated rings. The number of amides is 1. The molecule has 1 amide bonds.